The van der Waals surface area contributed by atoms with E-state index in [2.05, 4.69) is 0 Å². The van der Waals surface area contributed by atoms with Gasteiger partial charge in [-0.05, 0) is 0 Å². The predicted octanol–water partition coefficient (Wildman–Crippen LogP) is 9.92. The molecule has 0 heterocycles. The third-order valence-corrected chi connectivity index (χ3v) is 7.47. The van der Waals surface area contributed by atoms with Crippen molar-refractivity contribution < 1.29 is 141 Å². The van der Waals surface area contributed by atoms with E-state index in [1.165, 1.54) is 0 Å². The summed E-state index contributed by atoms with van der Waals surface area (Å²) in [6.45, 7) is 0. The fourth-order valence-electron chi connectivity index (χ4n) is 2.47. The first-order chi connectivity index (χ1) is 19.5. The van der Waals surface area contributed by atoms with Crippen molar-refractivity contribution in [2.45, 2.75) is 82.9 Å². The maximum Gasteiger partial charge on any atom is 0.460 e. The molecule has 0 bridgehead atoms. The molecule has 0 aliphatic heterocycles. The van der Waals surface area contributed by atoms with Crippen LogP contribution in [0, 0.1) is 0 Å². The van der Waals surface area contributed by atoms with E-state index in [0.717, 1.165) is 0 Å². The van der Waals surface area contributed by atoms with E-state index >= 15 is 0 Å². The van der Waals surface area contributed by atoms with Crippen molar-refractivity contribution >= 4 is 7.37 Å². The number of hydrogen-bond acceptors (Lipinski definition) is 1. The van der Waals surface area contributed by atoms with E-state index in [-0.39, 0.29) is 0 Å². The van der Waals surface area contributed by atoms with Gasteiger partial charge in [0.15, 0.2) is 0 Å². The van der Waals surface area contributed by atoms with Gasteiger partial charge in [0.1, 0.15) is 0 Å². The molecule has 0 fully saturated rings. The van der Waals surface area contributed by atoms with Crippen molar-refractivity contribution in [1.82, 2.24) is 0 Å². The Morgan fingerprint density at radius 1 is 0.255 bits per heavy atom. The van der Waals surface area contributed by atoms with Crippen molar-refractivity contribution in [3.05, 3.63) is 0 Å². The highest BCUT2D eigenvalue weighted by Gasteiger charge is 3.00. The van der Waals surface area contributed by atoms with Crippen LogP contribution < -0.4 is 0 Å². The molecule has 0 saturated carbocycles. The van der Waals surface area contributed by atoms with Crippen LogP contribution >= 0.6 is 7.37 Å². The normalized spacial score (nSPS) is 17.3. The Labute approximate surface area is 233 Å². The van der Waals surface area contributed by atoms with Gasteiger partial charge in [-0.2, -0.15) is 132 Å². The molecular weight excluding hydrogens is 801 g/mol. The van der Waals surface area contributed by atoms with Gasteiger partial charge in [0, 0.05) is 0 Å². The molecule has 0 rings (SSSR count). The van der Waals surface area contributed by atoms with Crippen LogP contribution in [0.1, 0.15) is 0 Å². The highest BCUT2D eigenvalue weighted by atomic mass is 31.2. The molecule has 284 valence electrons. The first-order valence-corrected chi connectivity index (χ1v) is 11.2. The average molecular weight is 802 g/mol. The first-order valence-electron chi connectivity index (χ1n) is 9.50. The fourth-order valence-corrected chi connectivity index (χ4v) is 3.87. The minimum Gasteiger partial charge on any atom is -0.336 e. The molecule has 0 aromatic rings. The van der Waals surface area contributed by atoms with Crippen LogP contribution in [0.25, 0.3) is 0 Å². The minimum absolute atomic E-state index is 8.31. The van der Waals surface area contributed by atoms with Gasteiger partial charge < -0.3 is 4.89 Å². The zero-order valence-electron chi connectivity index (χ0n) is 19.6. The van der Waals surface area contributed by atoms with Crippen molar-refractivity contribution in [2.75, 3.05) is 0 Å². The third-order valence-electron chi connectivity index (χ3n) is 5.38. The largest absolute Gasteiger partial charge is 0.460 e. The van der Waals surface area contributed by atoms with Gasteiger partial charge in [-0.1, -0.05) is 0 Å². The number of halogens is 30. The van der Waals surface area contributed by atoms with Crippen LogP contribution in [0.2, 0.25) is 0 Å². The van der Waals surface area contributed by atoms with Crippen molar-refractivity contribution in [1.29, 1.82) is 0 Å². The Kier molecular flexibility index (Phi) is 10.1. The second kappa shape index (κ2) is 10.5. The summed E-state index contributed by atoms with van der Waals surface area (Å²) < 4.78 is 404. The molecule has 0 aromatic carbocycles. The van der Waals surface area contributed by atoms with Gasteiger partial charge in [0.2, 0.25) is 0 Å². The summed E-state index contributed by atoms with van der Waals surface area (Å²) in [6.07, 6.45) is -16.6. The first kappa shape index (κ1) is 45.1. The smallest absolute Gasteiger partial charge is 0.336 e. The van der Waals surface area contributed by atoms with E-state index in [1.54, 1.807) is 0 Å². The molecule has 1 N–H and O–H groups in total. The summed E-state index contributed by atoms with van der Waals surface area (Å²) in [6, 6.07) is 0. The Balaban J connectivity index is 7.64. The lowest BCUT2D eigenvalue weighted by Crippen LogP contribution is -2.74. The van der Waals surface area contributed by atoms with Gasteiger partial charge in [-0.25, -0.2) is 0 Å². The predicted molar refractivity (Wildman–Crippen MR) is 81.3 cm³/mol. The maximum atomic E-state index is 13.8. The molecule has 0 spiro atoms. The van der Waals surface area contributed by atoms with Crippen molar-refractivity contribution in [3.8, 4) is 0 Å². The molecule has 0 saturated heterocycles. The van der Waals surface area contributed by atoms with Gasteiger partial charge >= 0.3 is 90.3 Å². The Morgan fingerprint density at radius 3 is 0.532 bits per heavy atom. The standard InChI is InChI=1S/C14HF30O2P/c15-1(16,3(19,20)7(27,28)11(35,36)37)5(23,24)9(31,32)13(41,42)47(45,46)14(43,44)10(33,34)6(25,26)2(17,18)4(21,22)8(29,30)12(38,39)40/h(H,45,46). The molecule has 0 aliphatic rings. The molecule has 0 radical (unpaired) electrons. The Hall–Kier alpha value is -1.91. The second-order valence-corrected chi connectivity index (χ2v) is 10.7. The average Bonchev–Trinajstić information content (AvgIpc) is 2.80. The molecule has 0 aromatic heterocycles. The van der Waals surface area contributed by atoms with Gasteiger partial charge in [0.25, 0.3) is 0 Å². The molecule has 33 heteroatoms. The summed E-state index contributed by atoms with van der Waals surface area (Å²) in [5, 5.41) is 0. The molecule has 0 aliphatic carbocycles. The lowest BCUT2D eigenvalue weighted by molar-refractivity contribution is -0.451. The molecular formula is C14HF30O2P. The number of hydrogen-bond donors (Lipinski definition) is 1. The number of alkyl halides is 30. The van der Waals surface area contributed by atoms with Crippen LogP contribution in [0.5, 0.6) is 0 Å². The SMILES string of the molecule is O=P(O)(C(F)(F)C(F)(F)C(F)(F)C(F)(F)C(F)(F)C(F)(F)C(F)(F)F)C(F)(F)C(F)(F)C(F)(F)C(F)(F)C(F)(F)C(F)(F)C(F)(F)F. The van der Waals surface area contributed by atoms with Crippen LogP contribution in [-0.4, -0.2) is 87.8 Å². The minimum atomic E-state index is -11.0. The van der Waals surface area contributed by atoms with Crippen LogP contribution in [0.4, 0.5) is 132 Å². The monoisotopic (exact) mass is 802 g/mol. The Morgan fingerprint density at radius 2 is 0.383 bits per heavy atom. The number of rotatable bonds is 12. The molecule has 47 heavy (non-hydrogen) atoms. The quantitative estimate of drug-likeness (QED) is 0.158. The van der Waals surface area contributed by atoms with Crippen LogP contribution in [0.3, 0.4) is 0 Å². The summed E-state index contributed by atoms with van der Waals surface area (Å²) >= 11 is 0. The topological polar surface area (TPSA) is 37.3 Å². The summed E-state index contributed by atoms with van der Waals surface area (Å²) in [4.78, 5) is 8.39. The molecule has 0 unspecified atom stereocenters. The summed E-state index contributed by atoms with van der Waals surface area (Å²) in [7, 11) is -11.0. The van der Waals surface area contributed by atoms with E-state index in [9.17, 15) is 136 Å². The van der Waals surface area contributed by atoms with Gasteiger partial charge in [-0.3, -0.25) is 4.57 Å². The lowest BCUT2D eigenvalue weighted by Gasteiger charge is -2.45. The molecule has 0 amide bonds. The zero-order valence-corrected chi connectivity index (χ0v) is 20.5. The van der Waals surface area contributed by atoms with Crippen LogP contribution in [0.15, 0.2) is 0 Å². The highest BCUT2D eigenvalue weighted by molar-refractivity contribution is 7.60. The fraction of sp³-hybridized carbons (Fsp3) is 1.00. The lowest BCUT2D eigenvalue weighted by atomic mass is 9.94. The van der Waals surface area contributed by atoms with Crippen molar-refractivity contribution in [2.24, 2.45) is 0 Å². The summed E-state index contributed by atoms with van der Waals surface area (Å²) in [5.41, 5.74) is -19.3. The molecule has 2 nitrogen and oxygen atoms in total. The van der Waals surface area contributed by atoms with Gasteiger partial charge in [0.05, 0.1) is 0 Å². The highest BCUT2D eigenvalue weighted by Crippen LogP contribution is 2.79. The summed E-state index contributed by atoms with van der Waals surface area (Å²) in [5.74, 6) is -94.2. The molecule has 0 atom stereocenters. The maximum absolute atomic E-state index is 13.8. The van der Waals surface area contributed by atoms with Gasteiger partial charge in [-0.15, -0.1) is 0 Å². The van der Waals surface area contributed by atoms with Crippen molar-refractivity contribution in [3.63, 3.8) is 0 Å². The van der Waals surface area contributed by atoms with E-state index < -0.39 is 90.3 Å². The van der Waals surface area contributed by atoms with E-state index in [1.807, 2.05) is 0 Å². The Bertz CT molecular complexity index is 1130. The van der Waals surface area contributed by atoms with Crippen LogP contribution in [-0.2, 0) is 4.57 Å². The van der Waals surface area contributed by atoms with E-state index in [4.69, 9.17) is 4.89 Å². The third kappa shape index (κ3) is 5.07. The second-order valence-electron chi connectivity index (χ2n) is 8.40. The zero-order chi connectivity index (χ0) is 39.5. The van der Waals surface area contributed by atoms with E-state index in [0.29, 0.717) is 0 Å².